The molecule has 6 heteroatoms. The van der Waals surface area contributed by atoms with E-state index in [0.717, 1.165) is 24.6 Å². The summed E-state index contributed by atoms with van der Waals surface area (Å²) in [5.41, 5.74) is 1.20. The summed E-state index contributed by atoms with van der Waals surface area (Å²) in [4.78, 5) is 10.5. The maximum Gasteiger partial charge on any atom is 0.171 e. The first-order valence-electron chi connectivity index (χ1n) is 5.68. The minimum absolute atomic E-state index is 0.633. The Hall–Kier alpha value is -0.210. The molecule has 0 amide bonds. The van der Waals surface area contributed by atoms with E-state index in [1.54, 1.807) is 11.3 Å². The Balaban J connectivity index is 2.12. The summed E-state index contributed by atoms with van der Waals surface area (Å²) in [5, 5.41) is 5.23. The fraction of sp³-hybridized carbons (Fsp3) is 0.333. The molecular formula is C12H11BrIN3S. The standard InChI is InChI=1S/C12H11BrIN3S/c1-15-12-9(14)10(6-2-3-6)16-11(17-12)8-4-7(13)5-18-8/h4-6H,2-3H2,1H3,(H,15,16,17). The van der Waals surface area contributed by atoms with Gasteiger partial charge in [0.2, 0.25) is 0 Å². The zero-order valence-corrected chi connectivity index (χ0v) is 14.3. The van der Waals surface area contributed by atoms with Gasteiger partial charge in [0, 0.05) is 22.8 Å². The molecule has 0 aliphatic heterocycles. The van der Waals surface area contributed by atoms with Gasteiger partial charge in [0.1, 0.15) is 5.82 Å². The van der Waals surface area contributed by atoms with Crippen molar-refractivity contribution < 1.29 is 0 Å². The van der Waals surface area contributed by atoms with Gasteiger partial charge >= 0.3 is 0 Å². The zero-order valence-electron chi connectivity index (χ0n) is 9.70. The van der Waals surface area contributed by atoms with Crippen molar-refractivity contribution >= 4 is 55.7 Å². The first-order chi connectivity index (χ1) is 8.69. The lowest BCUT2D eigenvalue weighted by molar-refractivity contribution is 0.981. The van der Waals surface area contributed by atoms with E-state index in [-0.39, 0.29) is 0 Å². The molecule has 0 aromatic carbocycles. The lowest BCUT2D eigenvalue weighted by Gasteiger charge is -2.09. The van der Waals surface area contributed by atoms with Crippen LogP contribution < -0.4 is 5.32 Å². The molecule has 0 spiro atoms. The first-order valence-corrected chi connectivity index (χ1v) is 8.43. The van der Waals surface area contributed by atoms with Crippen molar-refractivity contribution in [1.82, 2.24) is 9.97 Å². The Morgan fingerprint density at radius 1 is 1.44 bits per heavy atom. The van der Waals surface area contributed by atoms with Crippen LogP contribution in [0.5, 0.6) is 0 Å². The fourth-order valence-corrected chi connectivity index (χ4v) is 4.11. The van der Waals surface area contributed by atoms with E-state index in [4.69, 9.17) is 4.98 Å². The van der Waals surface area contributed by atoms with Gasteiger partial charge in [-0.2, -0.15) is 0 Å². The molecule has 2 heterocycles. The summed E-state index contributed by atoms with van der Waals surface area (Å²) in [6.07, 6.45) is 2.51. The molecule has 1 aliphatic rings. The predicted molar refractivity (Wildman–Crippen MR) is 87.3 cm³/mol. The highest BCUT2D eigenvalue weighted by Gasteiger charge is 2.29. The Labute approximate surface area is 132 Å². The highest BCUT2D eigenvalue weighted by Crippen LogP contribution is 2.43. The van der Waals surface area contributed by atoms with Gasteiger partial charge in [-0.25, -0.2) is 9.97 Å². The van der Waals surface area contributed by atoms with Crippen LogP contribution in [0.15, 0.2) is 15.9 Å². The number of halogens is 2. The second-order valence-electron chi connectivity index (χ2n) is 4.25. The third kappa shape index (κ3) is 2.42. The number of aromatic nitrogens is 2. The van der Waals surface area contributed by atoms with Crippen LogP contribution in [0.1, 0.15) is 24.5 Å². The Morgan fingerprint density at radius 2 is 2.22 bits per heavy atom. The molecule has 0 radical (unpaired) electrons. The number of hydrogen-bond donors (Lipinski definition) is 1. The highest BCUT2D eigenvalue weighted by atomic mass is 127. The van der Waals surface area contributed by atoms with E-state index in [0.29, 0.717) is 5.92 Å². The number of anilines is 1. The van der Waals surface area contributed by atoms with Crippen LogP contribution in [0.25, 0.3) is 10.7 Å². The van der Waals surface area contributed by atoms with E-state index in [2.05, 4.69) is 60.3 Å². The SMILES string of the molecule is CNc1nc(-c2cc(Br)cs2)nc(C2CC2)c1I. The van der Waals surface area contributed by atoms with Crippen molar-refractivity contribution in [1.29, 1.82) is 0 Å². The summed E-state index contributed by atoms with van der Waals surface area (Å²) in [6.45, 7) is 0. The molecule has 1 fully saturated rings. The molecule has 18 heavy (non-hydrogen) atoms. The first kappa shape index (κ1) is 12.8. The molecular weight excluding hydrogens is 425 g/mol. The van der Waals surface area contributed by atoms with Crippen LogP contribution in [-0.2, 0) is 0 Å². The molecule has 1 aliphatic carbocycles. The van der Waals surface area contributed by atoms with Gasteiger partial charge in [-0.05, 0) is 57.4 Å². The zero-order chi connectivity index (χ0) is 12.7. The molecule has 94 valence electrons. The van der Waals surface area contributed by atoms with Crippen molar-refractivity contribution in [3.8, 4) is 10.7 Å². The monoisotopic (exact) mass is 435 g/mol. The van der Waals surface area contributed by atoms with Gasteiger partial charge in [-0.15, -0.1) is 11.3 Å². The molecule has 2 aromatic heterocycles. The second-order valence-corrected chi connectivity index (χ2v) is 7.15. The smallest absolute Gasteiger partial charge is 0.171 e. The number of hydrogen-bond acceptors (Lipinski definition) is 4. The van der Waals surface area contributed by atoms with Crippen molar-refractivity contribution in [2.75, 3.05) is 12.4 Å². The Kier molecular flexibility index (Phi) is 3.59. The van der Waals surface area contributed by atoms with Gasteiger partial charge in [0.05, 0.1) is 14.1 Å². The quantitative estimate of drug-likeness (QED) is 0.721. The number of thiophene rings is 1. The van der Waals surface area contributed by atoms with E-state index < -0.39 is 0 Å². The molecule has 1 N–H and O–H groups in total. The van der Waals surface area contributed by atoms with E-state index in [9.17, 15) is 0 Å². The van der Waals surface area contributed by atoms with E-state index in [1.807, 2.05) is 7.05 Å². The number of rotatable bonds is 3. The molecule has 2 aromatic rings. The largest absolute Gasteiger partial charge is 0.372 e. The van der Waals surface area contributed by atoms with Crippen molar-refractivity contribution in [2.24, 2.45) is 0 Å². The molecule has 3 rings (SSSR count). The fourth-order valence-electron chi connectivity index (χ4n) is 1.80. The predicted octanol–water partition coefficient (Wildman–Crippen LogP) is 4.49. The van der Waals surface area contributed by atoms with Crippen molar-refractivity contribution in [3.63, 3.8) is 0 Å². The average molecular weight is 436 g/mol. The normalized spacial score (nSPS) is 14.8. The average Bonchev–Trinajstić information content (AvgIpc) is 3.12. The van der Waals surface area contributed by atoms with Crippen LogP contribution in [0.4, 0.5) is 5.82 Å². The lowest BCUT2D eigenvalue weighted by atomic mass is 10.2. The highest BCUT2D eigenvalue weighted by molar-refractivity contribution is 14.1. The summed E-state index contributed by atoms with van der Waals surface area (Å²) in [7, 11) is 1.91. The molecule has 3 nitrogen and oxygen atoms in total. The maximum atomic E-state index is 4.76. The third-order valence-corrected chi connectivity index (χ3v) is 5.62. The number of nitrogens with one attached hydrogen (secondary N) is 1. The Morgan fingerprint density at radius 3 is 2.78 bits per heavy atom. The van der Waals surface area contributed by atoms with Gasteiger partial charge < -0.3 is 5.32 Å². The van der Waals surface area contributed by atoms with Crippen LogP contribution in [0.3, 0.4) is 0 Å². The lowest BCUT2D eigenvalue weighted by Crippen LogP contribution is -2.04. The minimum atomic E-state index is 0.633. The van der Waals surface area contributed by atoms with Gasteiger partial charge in [-0.1, -0.05) is 0 Å². The van der Waals surface area contributed by atoms with E-state index in [1.165, 1.54) is 18.5 Å². The van der Waals surface area contributed by atoms with Gasteiger partial charge in [0.15, 0.2) is 5.82 Å². The summed E-state index contributed by atoms with van der Waals surface area (Å²) in [5.74, 6) is 2.40. The van der Waals surface area contributed by atoms with Gasteiger partial charge in [0.25, 0.3) is 0 Å². The maximum absolute atomic E-state index is 4.76. The number of nitrogens with zero attached hydrogens (tertiary/aromatic N) is 2. The van der Waals surface area contributed by atoms with Crippen LogP contribution >= 0.6 is 49.9 Å². The molecule has 0 atom stereocenters. The Bertz CT molecular complexity index is 595. The van der Waals surface area contributed by atoms with Crippen molar-refractivity contribution in [2.45, 2.75) is 18.8 Å². The molecule has 0 saturated heterocycles. The third-order valence-electron chi connectivity index (χ3n) is 2.87. The molecule has 1 saturated carbocycles. The van der Waals surface area contributed by atoms with Crippen LogP contribution in [0.2, 0.25) is 0 Å². The molecule has 0 unspecified atom stereocenters. The second kappa shape index (κ2) is 5.05. The van der Waals surface area contributed by atoms with E-state index >= 15 is 0 Å². The van der Waals surface area contributed by atoms with Crippen molar-refractivity contribution in [3.05, 3.63) is 25.2 Å². The minimum Gasteiger partial charge on any atom is -0.372 e. The molecule has 0 bridgehead atoms. The summed E-state index contributed by atoms with van der Waals surface area (Å²) >= 11 is 7.49. The summed E-state index contributed by atoms with van der Waals surface area (Å²) in [6, 6.07) is 2.07. The van der Waals surface area contributed by atoms with Crippen LogP contribution in [0, 0.1) is 3.57 Å². The van der Waals surface area contributed by atoms with Gasteiger partial charge in [-0.3, -0.25) is 0 Å². The van der Waals surface area contributed by atoms with Crippen LogP contribution in [-0.4, -0.2) is 17.0 Å². The topological polar surface area (TPSA) is 37.8 Å². The summed E-state index contributed by atoms with van der Waals surface area (Å²) < 4.78 is 2.25.